The molecule has 0 atom stereocenters. The topological polar surface area (TPSA) is 88.3 Å². The third kappa shape index (κ3) is 4.89. The first-order chi connectivity index (χ1) is 14.6. The first-order valence-corrected chi connectivity index (χ1v) is 11.1. The van der Waals surface area contributed by atoms with Gasteiger partial charge in [-0.25, -0.2) is 0 Å². The lowest BCUT2D eigenvalue weighted by Crippen LogP contribution is -2.45. The van der Waals surface area contributed by atoms with E-state index < -0.39 is 0 Å². The second-order valence-electron chi connectivity index (χ2n) is 8.48. The Morgan fingerprint density at radius 3 is 2.27 bits per heavy atom. The molecule has 0 unspecified atom stereocenters. The van der Waals surface area contributed by atoms with Gasteiger partial charge in [0.15, 0.2) is 0 Å². The number of hydrogen-bond donors (Lipinski definition) is 1. The highest BCUT2D eigenvalue weighted by atomic mass is 16.5. The molecule has 30 heavy (non-hydrogen) atoms. The number of aryl methyl sites for hydroxylation is 1. The zero-order valence-corrected chi connectivity index (χ0v) is 17.6. The van der Waals surface area contributed by atoms with Crippen molar-refractivity contribution in [2.45, 2.75) is 64.3 Å². The Morgan fingerprint density at radius 1 is 1.00 bits per heavy atom. The fraction of sp³-hybridized carbons (Fsp3) is 0.565. The van der Waals surface area contributed by atoms with Gasteiger partial charge in [-0.3, -0.25) is 9.59 Å². The van der Waals surface area contributed by atoms with Crippen LogP contribution in [-0.2, 0) is 4.79 Å². The van der Waals surface area contributed by atoms with Gasteiger partial charge in [0, 0.05) is 43.1 Å². The van der Waals surface area contributed by atoms with Gasteiger partial charge < -0.3 is 14.7 Å². The predicted octanol–water partition coefficient (Wildman–Crippen LogP) is 3.74. The number of aromatic nitrogens is 2. The molecule has 1 aliphatic heterocycles. The van der Waals surface area contributed by atoms with Crippen LogP contribution in [0.5, 0.6) is 0 Å². The standard InChI is InChI=1S/C23H30N4O3/c1-16-24-21(26-30-16)17-8-10-19(11-9-17)23(29)27-14-12-18(13-15-27)22(28)25-20-6-4-2-3-5-7-20/h8-11,18,20H,2-7,12-15H2,1H3,(H,25,28). The maximum Gasteiger partial charge on any atom is 0.253 e. The van der Waals surface area contributed by atoms with Crippen LogP contribution in [0.3, 0.4) is 0 Å². The van der Waals surface area contributed by atoms with Crippen LogP contribution in [-0.4, -0.2) is 46.0 Å². The first kappa shape index (κ1) is 20.6. The summed E-state index contributed by atoms with van der Waals surface area (Å²) in [6.07, 6.45) is 8.64. The van der Waals surface area contributed by atoms with Gasteiger partial charge in [0.1, 0.15) is 0 Å². The molecule has 4 rings (SSSR count). The molecule has 2 fully saturated rings. The van der Waals surface area contributed by atoms with E-state index in [1.54, 1.807) is 19.1 Å². The summed E-state index contributed by atoms with van der Waals surface area (Å²) < 4.78 is 5.01. The summed E-state index contributed by atoms with van der Waals surface area (Å²) in [6, 6.07) is 7.61. The lowest BCUT2D eigenvalue weighted by atomic mass is 9.94. The van der Waals surface area contributed by atoms with Crippen LogP contribution in [0.1, 0.15) is 67.6 Å². The van der Waals surface area contributed by atoms with E-state index in [1.165, 1.54) is 25.7 Å². The van der Waals surface area contributed by atoms with Crippen molar-refractivity contribution in [2.75, 3.05) is 13.1 Å². The van der Waals surface area contributed by atoms with Crippen LogP contribution in [0.15, 0.2) is 28.8 Å². The third-order valence-corrected chi connectivity index (χ3v) is 6.27. The first-order valence-electron chi connectivity index (χ1n) is 11.1. The lowest BCUT2D eigenvalue weighted by molar-refractivity contribution is -0.127. The van der Waals surface area contributed by atoms with Crippen LogP contribution in [0.4, 0.5) is 0 Å². The quantitative estimate of drug-likeness (QED) is 0.776. The second-order valence-corrected chi connectivity index (χ2v) is 8.48. The molecule has 1 aromatic heterocycles. The van der Waals surface area contributed by atoms with E-state index in [9.17, 15) is 9.59 Å². The molecular weight excluding hydrogens is 380 g/mol. The highest BCUT2D eigenvalue weighted by molar-refractivity contribution is 5.94. The number of benzene rings is 1. The SMILES string of the molecule is Cc1nc(-c2ccc(C(=O)N3CCC(C(=O)NC4CCCCCC4)CC3)cc2)no1. The van der Waals surface area contributed by atoms with E-state index in [0.717, 1.165) is 31.2 Å². The van der Waals surface area contributed by atoms with Crippen molar-refractivity contribution < 1.29 is 14.1 Å². The Morgan fingerprint density at radius 2 is 1.67 bits per heavy atom. The van der Waals surface area contributed by atoms with E-state index in [4.69, 9.17) is 4.52 Å². The van der Waals surface area contributed by atoms with Gasteiger partial charge in [-0.15, -0.1) is 0 Å². The Hall–Kier alpha value is -2.70. The summed E-state index contributed by atoms with van der Waals surface area (Å²) in [5.41, 5.74) is 1.46. The van der Waals surface area contributed by atoms with E-state index in [-0.39, 0.29) is 17.7 Å². The maximum atomic E-state index is 12.9. The molecule has 2 aliphatic rings. The number of amides is 2. The van der Waals surface area contributed by atoms with Crippen LogP contribution < -0.4 is 5.32 Å². The molecule has 0 bridgehead atoms. The van der Waals surface area contributed by atoms with Crippen LogP contribution in [0, 0.1) is 12.8 Å². The molecule has 2 heterocycles. The van der Waals surface area contributed by atoms with Crippen LogP contribution in [0.25, 0.3) is 11.4 Å². The Balaban J connectivity index is 1.29. The Bertz CT molecular complexity index is 861. The molecule has 160 valence electrons. The summed E-state index contributed by atoms with van der Waals surface area (Å²) in [5.74, 6) is 1.23. The number of likely N-dealkylation sites (tertiary alicyclic amines) is 1. The molecule has 1 N–H and O–H groups in total. The fourth-order valence-corrected chi connectivity index (χ4v) is 4.45. The van der Waals surface area contributed by atoms with Crippen molar-refractivity contribution in [2.24, 2.45) is 5.92 Å². The fourth-order valence-electron chi connectivity index (χ4n) is 4.45. The summed E-state index contributed by atoms with van der Waals surface area (Å²) >= 11 is 0. The second kappa shape index (κ2) is 9.41. The van der Waals surface area contributed by atoms with Crippen molar-refractivity contribution in [3.8, 4) is 11.4 Å². The maximum absolute atomic E-state index is 12.9. The number of piperidine rings is 1. The van der Waals surface area contributed by atoms with Crippen molar-refractivity contribution in [1.82, 2.24) is 20.4 Å². The summed E-state index contributed by atoms with van der Waals surface area (Å²) in [5, 5.41) is 7.17. The van der Waals surface area contributed by atoms with Gasteiger partial charge >= 0.3 is 0 Å². The van der Waals surface area contributed by atoms with Crippen molar-refractivity contribution in [3.63, 3.8) is 0 Å². The lowest BCUT2D eigenvalue weighted by Gasteiger charge is -2.32. The average Bonchev–Trinajstić information content (AvgIpc) is 3.05. The molecule has 1 aliphatic carbocycles. The number of nitrogens with zero attached hydrogens (tertiary/aromatic N) is 3. The summed E-state index contributed by atoms with van der Waals surface area (Å²) in [6.45, 7) is 2.98. The molecule has 1 saturated heterocycles. The van der Waals surface area contributed by atoms with Gasteiger partial charge in [-0.1, -0.05) is 43.0 Å². The predicted molar refractivity (Wildman–Crippen MR) is 113 cm³/mol. The minimum Gasteiger partial charge on any atom is -0.353 e. The number of carbonyl (C=O) groups excluding carboxylic acids is 2. The number of nitrogens with one attached hydrogen (secondary N) is 1. The van der Waals surface area contributed by atoms with Crippen molar-refractivity contribution >= 4 is 11.8 Å². The molecule has 2 aromatic rings. The highest BCUT2D eigenvalue weighted by Crippen LogP contribution is 2.23. The van der Waals surface area contributed by atoms with Gasteiger partial charge in [-0.2, -0.15) is 4.98 Å². The van der Waals surface area contributed by atoms with Gasteiger partial charge in [0.05, 0.1) is 0 Å². The zero-order chi connectivity index (χ0) is 20.9. The normalized spacial score (nSPS) is 18.8. The minimum absolute atomic E-state index is 0.00784. The van der Waals surface area contributed by atoms with Crippen LogP contribution in [0.2, 0.25) is 0 Å². The van der Waals surface area contributed by atoms with E-state index in [2.05, 4.69) is 15.5 Å². The molecule has 0 radical (unpaired) electrons. The Labute approximate surface area is 177 Å². The zero-order valence-electron chi connectivity index (χ0n) is 17.6. The van der Waals surface area contributed by atoms with E-state index in [0.29, 0.717) is 36.4 Å². The average molecular weight is 411 g/mol. The molecule has 1 saturated carbocycles. The van der Waals surface area contributed by atoms with Crippen molar-refractivity contribution in [3.05, 3.63) is 35.7 Å². The largest absolute Gasteiger partial charge is 0.353 e. The van der Waals surface area contributed by atoms with Gasteiger partial charge in [0.25, 0.3) is 5.91 Å². The highest BCUT2D eigenvalue weighted by Gasteiger charge is 2.29. The van der Waals surface area contributed by atoms with Gasteiger partial charge in [-0.05, 0) is 37.8 Å². The molecule has 7 nitrogen and oxygen atoms in total. The van der Waals surface area contributed by atoms with E-state index >= 15 is 0 Å². The molecule has 2 amide bonds. The number of rotatable bonds is 4. The third-order valence-electron chi connectivity index (χ3n) is 6.27. The molecule has 0 spiro atoms. The minimum atomic E-state index is 0.00784. The molecular formula is C23H30N4O3. The van der Waals surface area contributed by atoms with Crippen molar-refractivity contribution in [1.29, 1.82) is 0 Å². The van der Waals surface area contributed by atoms with Gasteiger partial charge in [0.2, 0.25) is 17.6 Å². The summed E-state index contributed by atoms with van der Waals surface area (Å²) in [7, 11) is 0. The Kier molecular flexibility index (Phi) is 6.45. The molecule has 1 aromatic carbocycles. The van der Waals surface area contributed by atoms with E-state index in [1.807, 2.05) is 17.0 Å². The summed E-state index contributed by atoms with van der Waals surface area (Å²) in [4.78, 5) is 31.6. The number of hydrogen-bond acceptors (Lipinski definition) is 5. The molecule has 7 heteroatoms. The monoisotopic (exact) mass is 410 g/mol. The van der Waals surface area contributed by atoms with Crippen LogP contribution >= 0.6 is 0 Å². The smallest absolute Gasteiger partial charge is 0.253 e. The number of carbonyl (C=O) groups is 2.